The Balaban J connectivity index is 2.05. The van der Waals surface area contributed by atoms with E-state index in [-0.39, 0.29) is 0 Å². The average Bonchev–Trinajstić information content (AvgIpc) is 2.84. The molecule has 1 atom stereocenters. The molecule has 2 rings (SSSR count). The van der Waals surface area contributed by atoms with E-state index in [1.807, 2.05) is 12.1 Å². The Labute approximate surface area is 132 Å². The fourth-order valence-corrected chi connectivity index (χ4v) is 3.56. The van der Waals surface area contributed by atoms with Gasteiger partial charge in [0, 0.05) is 28.0 Å². The minimum absolute atomic E-state index is 0.737. The van der Waals surface area contributed by atoms with Crippen molar-refractivity contribution in [2.24, 2.45) is 0 Å². The van der Waals surface area contributed by atoms with Crippen LogP contribution in [0.2, 0.25) is 0 Å². The lowest BCUT2D eigenvalue weighted by Crippen LogP contribution is -2.29. The Bertz CT molecular complexity index is 411. The fourth-order valence-electron chi connectivity index (χ4n) is 2.83. The monoisotopic (exact) mass is 389 g/mol. The maximum atomic E-state index is 5.47. The Morgan fingerprint density at radius 1 is 1.42 bits per heavy atom. The number of likely N-dealkylation sites (tertiary alicyclic amines) is 1. The van der Waals surface area contributed by atoms with Crippen LogP contribution in [0.25, 0.3) is 0 Å². The molecule has 1 aliphatic rings. The highest BCUT2D eigenvalue weighted by atomic mass is 79.9. The molecule has 1 heterocycles. The summed E-state index contributed by atoms with van der Waals surface area (Å²) in [4.78, 5) is 2.60. The highest BCUT2D eigenvalue weighted by molar-refractivity contribution is 9.10. The normalized spacial score (nSPS) is 19.8. The molecule has 0 bridgehead atoms. The van der Waals surface area contributed by atoms with Crippen molar-refractivity contribution >= 4 is 31.9 Å². The molecule has 4 heteroatoms. The van der Waals surface area contributed by atoms with E-state index < -0.39 is 0 Å². The molecule has 1 aromatic rings. The van der Waals surface area contributed by atoms with Crippen molar-refractivity contribution < 1.29 is 4.74 Å². The molecule has 1 fully saturated rings. The predicted molar refractivity (Wildman–Crippen MR) is 87.2 cm³/mol. The molecular formula is C15H21Br2NO. The van der Waals surface area contributed by atoms with E-state index in [0.29, 0.717) is 0 Å². The largest absolute Gasteiger partial charge is 0.496 e. The van der Waals surface area contributed by atoms with Crippen LogP contribution in [0.5, 0.6) is 5.75 Å². The summed E-state index contributed by atoms with van der Waals surface area (Å²) in [7, 11) is 1.75. The van der Waals surface area contributed by atoms with E-state index in [9.17, 15) is 0 Å². The highest BCUT2D eigenvalue weighted by Crippen LogP contribution is 2.29. The second-order valence-electron chi connectivity index (χ2n) is 5.05. The number of alkyl halides is 1. The quantitative estimate of drug-likeness (QED) is 0.658. The van der Waals surface area contributed by atoms with Crippen molar-refractivity contribution in [3.8, 4) is 5.75 Å². The van der Waals surface area contributed by atoms with Crippen molar-refractivity contribution in [3.63, 3.8) is 0 Å². The first kappa shape index (κ1) is 15.3. The standard InChI is InChI=1S/C15H21Br2NO/c1-19-15-7-6-13(17)10-12(15)11-18-9-3-5-14(18)4-2-8-16/h6-7,10,14H,2-5,8-9,11H2,1H3. The summed E-state index contributed by atoms with van der Waals surface area (Å²) in [6.45, 7) is 2.21. The minimum atomic E-state index is 0.737. The molecule has 1 saturated heterocycles. The number of nitrogens with zero attached hydrogens (tertiary/aromatic N) is 1. The smallest absolute Gasteiger partial charge is 0.123 e. The Kier molecular flexibility index (Phi) is 6.17. The van der Waals surface area contributed by atoms with E-state index >= 15 is 0 Å². The second-order valence-corrected chi connectivity index (χ2v) is 6.76. The molecule has 0 radical (unpaired) electrons. The van der Waals surface area contributed by atoms with Gasteiger partial charge in [0.05, 0.1) is 7.11 Å². The maximum Gasteiger partial charge on any atom is 0.123 e. The SMILES string of the molecule is COc1ccc(Br)cc1CN1CCCC1CCCBr. The van der Waals surface area contributed by atoms with Gasteiger partial charge in [-0.1, -0.05) is 31.9 Å². The Morgan fingerprint density at radius 2 is 2.26 bits per heavy atom. The summed E-state index contributed by atoms with van der Waals surface area (Å²) in [6, 6.07) is 7.00. The van der Waals surface area contributed by atoms with Crippen LogP contribution in [0.4, 0.5) is 0 Å². The van der Waals surface area contributed by atoms with Gasteiger partial charge in [0.15, 0.2) is 0 Å². The van der Waals surface area contributed by atoms with Gasteiger partial charge in [-0.15, -0.1) is 0 Å². The number of ether oxygens (including phenoxy) is 1. The number of benzene rings is 1. The Morgan fingerprint density at radius 3 is 3.00 bits per heavy atom. The van der Waals surface area contributed by atoms with E-state index in [4.69, 9.17) is 4.74 Å². The van der Waals surface area contributed by atoms with Crippen LogP contribution < -0.4 is 4.74 Å². The highest BCUT2D eigenvalue weighted by Gasteiger charge is 2.24. The first-order valence-corrected chi connectivity index (χ1v) is 8.78. The molecule has 0 spiro atoms. The van der Waals surface area contributed by atoms with Crippen LogP contribution in [-0.4, -0.2) is 29.9 Å². The number of halogens is 2. The van der Waals surface area contributed by atoms with Crippen LogP contribution in [-0.2, 0) is 6.54 Å². The van der Waals surface area contributed by atoms with Gasteiger partial charge in [-0.2, -0.15) is 0 Å². The van der Waals surface area contributed by atoms with Gasteiger partial charge in [0.1, 0.15) is 5.75 Å². The first-order valence-electron chi connectivity index (χ1n) is 6.87. The minimum Gasteiger partial charge on any atom is -0.496 e. The van der Waals surface area contributed by atoms with Gasteiger partial charge in [-0.3, -0.25) is 4.90 Å². The van der Waals surface area contributed by atoms with Crippen LogP contribution >= 0.6 is 31.9 Å². The molecule has 0 saturated carbocycles. The zero-order valence-corrected chi connectivity index (χ0v) is 14.5. The lowest BCUT2D eigenvalue weighted by atomic mass is 10.1. The molecular weight excluding hydrogens is 370 g/mol. The number of rotatable bonds is 6. The van der Waals surface area contributed by atoms with Crippen molar-refractivity contribution in [1.29, 1.82) is 0 Å². The third-order valence-corrected chi connectivity index (χ3v) is 4.84. The molecule has 0 amide bonds. The molecule has 1 aromatic carbocycles. The summed E-state index contributed by atoms with van der Waals surface area (Å²) >= 11 is 7.08. The summed E-state index contributed by atoms with van der Waals surface area (Å²) in [5, 5.41) is 1.11. The molecule has 19 heavy (non-hydrogen) atoms. The molecule has 1 unspecified atom stereocenters. The average molecular weight is 391 g/mol. The van der Waals surface area contributed by atoms with Gasteiger partial charge < -0.3 is 4.74 Å². The molecule has 1 aliphatic heterocycles. The number of hydrogen-bond acceptors (Lipinski definition) is 2. The van der Waals surface area contributed by atoms with E-state index in [0.717, 1.165) is 28.1 Å². The van der Waals surface area contributed by atoms with Crippen molar-refractivity contribution in [1.82, 2.24) is 4.90 Å². The fraction of sp³-hybridized carbons (Fsp3) is 0.600. The topological polar surface area (TPSA) is 12.5 Å². The van der Waals surface area contributed by atoms with Crippen molar-refractivity contribution in [2.45, 2.75) is 38.3 Å². The zero-order chi connectivity index (χ0) is 13.7. The van der Waals surface area contributed by atoms with Crippen LogP contribution in [0.3, 0.4) is 0 Å². The van der Waals surface area contributed by atoms with Crippen molar-refractivity contribution in [3.05, 3.63) is 28.2 Å². The lowest BCUT2D eigenvalue weighted by molar-refractivity contribution is 0.230. The molecule has 0 aliphatic carbocycles. The molecule has 106 valence electrons. The summed E-state index contributed by atoms with van der Waals surface area (Å²) < 4.78 is 6.60. The zero-order valence-electron chi connectivity index (χ0n) is 11.4. The number of methoxy groups -OCH3 is 1. The van der Waals surface area contributed by atoms with Crippen LogP contribution in [0.15, 0.2) is 22.7 Å². The summed E-state index contributed by atoms with van der Waals surface area (Å²) in [6.07, 6.45) is 5.21. The molecule has 0 N–H and O–H groups in total. The van der Waals surface area contributed by atoms with Gasteiger partial charge in [0.25, 0.3) is 0 Å². The maximum absolute atomic E-state index is 5.47. The van der Waals surface area contributed by atoms with Crippen LogP contribution in [0, 0.1) is 0 Å². The summed E-state index contributed by atoms with van der Waals surface area (Å²) in [5.41, 5.74) is 1.28. The second kappa shape index (κ2) is 7.65. The number of hydrogen-bond donors (Lipinski definition) is 0. The Hall–Kier alpha value is -0.0600. The lowest BCUT2D eigenvalue weighted by Gasteiger charge is -2.25. The molecule has 2 nitrogen and oxygen atoms in total. The first-order chi connectivity index (χ1) is 9.24. The van der Waals surface area contributed by atoms with E-state index in [2.05, 4.69) is 42.8 Å². The van der Waals surface area contributed by atoms with Gasteiger partial charge in [-0.25, -0.2) is 0 Å². The van der Waals surface area contributed by atoms with E-state index in [1.54, 1.807) is 7.11 Å². The van der Waals surface area contributed by atoms with Gasteiger partial charge in [-0.05, 0) is 50.4 Å². The summed E-state index contributed by atoms with van der Waals surface area (Å²) in [5.74, 6) is 0.995. The van der Waals surface area contributed by atoms with E-state index in [1.165, 1.54) is 37.8 Å². The third kappa shape index (κ3) is 4.20. The van der Waals surface area contributed by atoms with Gasteiger partial charge >= 0.3 is 0 Å². The van der Waals surface area contributed by atoms with Crippen LogP contribution in [0.1, 0.15) is 31.2 Å². The molecule has 0 aromatic heterocycles. The third-order valence-electron chi connectivity index (χ3n) is 3.79. The van der Waals surface area contributed by atoms with Crippen molar-refractivity contribution in [2.75, 3.05) is 19.0 Å². The predicted octanol–water partition coefficient (Wildman–Crippen LogP) is 4.60. The van der Waals surface area contributed by atoms with Gasteiger partial charge in [0.2, 0.25) is 0 Å².